The molecule has 1 aromatic carbocycles. The van der Waals surface area contributed by atoms with Crippen LogP contribution in [0.2, 0.25) is 0 Å². The summed E-state index contributed by atoms with van der Waals surface area (Å²) < 4.78 is 6.84. The zero-order valence-electron chi connectivity index (χ0n) is 11.8. The molecule has 3 aromatic rings. The van der Waals surface area contributed by atoms with E-state index in [1.807, 2.05) is 0 Å². The van der Waals surface area contributed by atoms with Crippen LogP contribution in [-0.4, -0.2) is 60.2 Å². The molecule has 4 atom stereocenters. The van der Waals surface area contributed by atoms with Crippen molar-refractivity contribution in [3.63, 3.8) is 0 Å². The first-order chi connectivity index (χ1) is 11.1. The van der Waals surface area contributed by atoms with Crippen molar-refractivity contribution >= 4 is 21.7 Å². The van der Waals surface area contributed by atoms with Gasteiger partial charge in [0.25, 0.3) is 5.56 Å². The van der Waals surface area contributed by atoms with Crippen LogP contribution in [0.1, 0.15) is 6.23 Å². The molecule has 9 nitrogen and oxygen atoms in total. The highest BCUT2D eigenvalue weighted by Crippen LogP contribution is 2.31. The second-order valence-corrected chi connectivity index (χ2v) is 5.50. The number of H-pyrrole nitrogens is 1. The Balaban J connectivity index is 1.90. The molecular weight excluding hydrogens is 304 g/mol. The van der Waals surface area contributed by atoms with Crippen LogP contribution < -0.4 is 5.56 Å². The standard InChI is InChI=1S/C14H14N4O5/c19-5-9-11(20)12(21)14(23-9)18-4-6-1-2-7-10(6)8(17-18)3-15-16-13(7)22/h1-4,9,11-12,14,19-21H,5H2,(H,16,22)/t9-,11-,12-,14-/m1/s1. The fourth-order valence-electron chi connectivity index (χ4n) is 2.96. The number of ether oxygens (including phenoxy) is 1. The van der Waals surface area contributed by atoms with Crippen molar-refractivity contribution in [1.82, 2.24) is 20.0 Å². The van der Waals surface area contributed by atoms with Crippen molar-refractivity contribution in [3.05, 3.63) is 34.9 Å². The maximum atomic E-state index is 11.9. The zero-order chi connectivity index (χ0) is 16.1. The van der Waals surface area contributed by atoms with Crippen molar-refractivity contribution in [3.8, 4) is 0 Å². The summed E-state index contributed by atoms with van der Waals surface area (Å²) in [5, 5.41) is 41.5. The molecule has 0 radical (unpaired) electrons. The van der Waals surface area contributed by atoms with Crippen molar-refractivity contribution in [1.29, 1.82) is 0 Å². The molecule has 120 valence electrons. The Morgan fingerprint density at radius 2 is 2.13 bits per heavy atom. The van der Waals surface area contributed by atoms with Gasteiger partial charge in [0.1, 0.15) is 23.8 Å². The number of aliphatic hydroxyl groups excluding tert-OH is 3. The van der Waals surface area contributed by atoms with Crippen molar-refractivity contribution in [2.75, 3.05) is 6.61 Å². The molecule has 0 spiro atoms. The van der Waals surface area contributed by atoms with Gasteiger partial charge >= 0.3 is 0 Å². The monoisotopic (exact) mass is 318 g/mol. The summed E-state index contributed by atoms with van der Waals surface area (Å²) in [6.07, 6.45) is -1.23. The molecule has 0 aliphatic carbocycles. The van der Waals surface area contributed by atoms with Crippen LogP contribution in [0.5, 0.6) is 0 Å². The zero-order valence-corrected chi connectivity index (χ0v) is 11.8. The first kappa shape index (κ1) is 14.3. The molecule has 0 unspecified atom stereocenters. The molecule has 1 aliphatic rings. The molecule has 23 heavy (non-hydrogen) atoms. The van der Waals surface area contributed by atoms with E-state index in [0.29, 0.717) is 16.3 Å². The Morgan fingerprint density at radius 3 is 2.87 bits per heavy atom. The van der Waals surface area contributed by atoms with Gasteiger partial charge in [0, 0.05) is 17.0 Å². The fourth-order valence-corrected chi connectivity index (χ4v) is 2.96. The number of aromatic nitrogens is 4. The second-order valence-electron chi connectivity index (χ2n) is 5.50. The number of hydrogen-bond acceptors (Lipinski definition) is 7. The molecule has 0 saturated carbocycles. The summed E-state index contributed by atoms with van der Waals surface area (Å²) in [5.74, 6) is 0. The summed E-state index contributed by atoms with van der Waals surface area (Å²) in [7, 11) is 0. The number of hydrogen-bond donors (Lipinski definition) is 4. The molecule has 3 heterocycles. The summed E-state index contributed by atoms with van der Waals surface area (Å²) >= 11 is 0. The van der Waals surface area contributed by atoms with Crippen LogP contribution in [-0.2, 0) is 4.74 Å². The van der Waals surface area contributed by atoms with Gasteiger partial charge in [-0.2, -0.15) is 10.2 Å². The van der Waals surface area contributed by atoms with E-state index in [4.69, 9.17) is 4.74 Å². The van der Waals surface area contributed by atoms with Crippen LogP contribution in [0.25, 0.3) is 21.7 Å². The third-order valence-electron chi connectivity index (χ3n) is 4.11. The molecule has 9 heteroatoms. The maximum Gasteiger partial charge on any atom is 0.272 e. The highest BCUT2D eigenvalue weighted by atomic mass is 16.6. The predicted molar refractivity (Wildman–Crippen MR) is 78.7 cm³/mol. The topological polar surface area (TPSA) is 133 Å². The van der Waals surface area contributed by atoms with E-state index in [9.17, 15) is 20.1 Å². The van der Waals surface area contributed by atoms with Gasteiger partial charge in [-0.15, -0.1) is 0 Å². The van der Waals surface area contributed by atoms with Crippen molar-refractivity contribution < 1.29 is 20.1 Å². The van der Waals surface area contributed by atoms with Gasteiger partial charge in [-0.25, -0.2) is 9.78 Å². The predicted octanol–water partition coefficient (Wildman–Crippen LogP) is -1.12. The Hall–Kier alpha value is -2.33. The number of nitrogens with zero attached hydrogens (tertiary/aromatic N) is 3. The smallest absolute Gasteiger partial charge is 0.272 e. The highest BCUT2D eigenvalue weighted by Gasteiger charge is 2.43. The maximum absolute atomic E-state index is 11.9. The van der Waals surface area contributed by atoms with E-state index in [0.717, 1.165) is 5.39 Å². The molecule has 4 N–H and O–H groups in total. The largest absolute Gasteiger partial charge is 0.394 e. The molecule has 0 amide bonds. The van der Waals surface area contributed by atoms with Crippen molar-refractivity contribution in [2.24, 2.45) is 0 Å². The number of nitrogens with one attached hydrogen (secondary N) is 1. The fraction of sp³-hybridized carbons (Fsp3) is 0.357. The minimum atomic E-state index is -1.23. The summed E-state index contributed by atoms with van der Waals surface area (Å²) in [4.78, 5) is 11.9. The molecule has 1 fully saturated rings. The van der Waals surface area contributed by atoms with E-state index in [2.05, 4.69) is 15.3 Å². The van der Waals surface area contributed by atoms with Gasteiger partial charge < -0.3 is 20.1 Å². The Kier molecular flexibility index (Phi) is 3.16. The number of aliphatic hydroxyl groups is 3. The average molecular weight is 318 g/mol. The Morgan fingerprint density at radius 1 is 1.30 bits per heavy atom. The molecule has 0 bridgehead atoms. The van der Waals surface area contributed by atoms with Gasteiger partial charge in [0.2, 0.25) is 0 Å². The lowest BCUT2D eigenvalue weighted by atomic mass is 10.1. The van der Waals surface area contributed by atoms with E-state index in [1.54, 1.807) is 18.3 Å². The van der Waals surface area contributed by atoms with E-state index in [-0.39, 0.29) is 5.56 Å². The molecule has 1 aliphatic heterocycles. The van der Waals surface area contributed by atoms with Gasteiger partial charge in [-0.05, 0) is 6.07 Å². The van der Waals surface area contributed by atoms with Gasteiger partial charge in [-0.3, -0.25) is 4.79 Å². The normalized spacial score (nSPS) is 28.0. The number of rotatable bonds is 2. The van der Waals surface area contributed by atoms with Crippen LogP contribution in [0, 0.1) is 0 Å². The van der Waals surface area contributed by atoms with E-state index < -0.39 is 31.1 Å². The Labute approximate surface area is 128 Å². The van der Waals surface area contributed by atoms with Crippen molar-refractivity contribution in [2.45, 2.75) is 24.5 Å². The summed E-state index contributed by atoms with van der Waals surface area (Å²) in [6.45, 7) is -0.412. The Bertz CT molecular complexity index is 936. The molecule has 2 aromatic heterocycles. The first-order valence-corrected chi connectivity index (χ1v) is 7.08. The lowest BCUT2D eigenvalue weighted by Gasteiger charge is -2.17. The first-order valence-electron chi connectivity index (χ1n) is 7.08. The second kappa shape index (κ2) is 5.10. The van der Waals surface area contributed by atoms with Crippen LogP contribution in [0.4, 0.5) is 0 Å². The van der Waals surface area contributed by atoms with E-state index in [1.165, 1.54) is 10.9 Å². The van der Waals surface area contributed by atoms with Crippen LogP contribution >= 0.6 is 0 Å². The quantitative estimate of drug-likeness (QED) is 0.470. The third kappa shape index (κ3) is 2.05. The van der Waals surface area contributed by atoms with E-state index >= 15 is 0 Å². The SMILES string of the molecule is O=c1[nH]ncc2nn([C@@H]3O[C@H](CO)[C@@H](O)[C@H]3O)cc3ccc1c32. The lowest BCUT2D eigenvalue weighted by Crippen LogP contribution is -2.33. The molecule has 4 rings (SSSR count). The van der Waals surface area contributed by atoms with Crippen LogP contribution in [0.3, 0.4) is 0 Å². The minimum absolute atomic E-state index is 0.317. The van der Waals surface area contributed by atoms with Gasteiger partial charge in [0.15, 0.2) is 6.23 Å². The summed E-state index contributed by atoms with van der Waals surface area (Å²) in [5.41, 5.74) is 0.126. The lowest BCUT2D eigenvalue weighted by molar-refractivity contribution is -0.0587. The average Bonchev–Trinajstić information content (AvgIpc) is 3.04. The molecule has 1 saturated heterocycles. The highest BCUT2D eigenvalue weighted by molar-refractivity contribution is 6.08. The number of aromatic amines is 1. The minimum Gasteiger partial charge on any atom is -0.394 e. The van der Waals surface area contributed by atoms with Gasteiger partial charge in [0.05, 0.1) is 18.2 Å². The van der Waals surface area contributed by atoms with Gasteiger partial charge in [-0.1, -0.05) is 6.07 Å². The third-order valence-corrected chi connectivity index (χ3v) is 4.11. The van der Waals surface area contributed by atoms with Crippen LogP contribution in [0.15, 0.2) is 29.3 Å². The molecular formula is C14H14N4O5. The summed E-state index contributed by atoms with van der Waals surface area (Å²) in [6, 6.07) is 3.42.